The number of fused-ring (bicyclic) bond motifs is 1. The SMILES string of the molecule is Cc1ncnc2c1c(C#Cc1ccc(Br)cc1F)cn2[C@@H]1O[C@H](CO)[C@@H](O)[C@]12CCO2. The van der Waals surface area contributed by atoms with Gasteiger partial charge in [0.2, 0.25) is 0 Å². The van der Waals surface area contributed by atoms with Crippen LogP contribution < -0.4 is 0 Å². The number of halogens is 2. The maximum Gasteiger partial charge on any atom is 0.167 e. The second-order valence-corrected chi connectivity index (χ2v) is 8.61. The number of nitrogens with zero attached hydrogens (tertiary/aromatic N) is 3. The first-order valence-electron chi connectivity index (χ1n) is 9.82. The average Bonchev–Trinajstić information content (AvgIpc) is 3.23. The number of ether oxygens (including phenoxy) is 2. The van der Waals surface area contributed by atoms with Crippen LogP contribution in [0.5, 0.6) is 0 Å². The van der Waals surface area contributed by atoms with E-state index < -0.39 is 29.9 Å². The number of aromatic nitrogens is 3. The molecular formula is C22H19BrFN3O4. The molecule has 0 aliphatic carbocycles. The Labute approximate surface area is 186 Å². The molecule has 3 aromatic rings. The topological polar surface area (TPSA) is 89.6 Å². The molecule has 1 spiro atoms. The normalized spacial score (nSPS) is 27.3. The molecule has 7 nitrogen and oxygen atoms in total. The molecule has 4 atom stereocenters. The lowest BCUT2D eigenvalue weighted by atomic mass is 9.86. The lowest BCUT2D eigenvalue weighted by Gasteiger charge is -2.44. The minimum absolute atomic E-state index is 0.269. The highest BCUT2D eigenvalue weighted by Gasteiger charge is 2.61. The van der Waals surface area contributed by atoms with Gasteiger partial charge in [-0.15, -0.1) is 0 Å². The van der Waals surface area contributed by atoms with E-state index in [0.717, 1.165) is 0 Å². The summed E-state index contributed by atoms with van der Waals surface area (Å²) in [6, 6.07) is 4.70. The summed E-state index contributed by atoms with van der Waals surface area (Å²) in [5.41, 5.74) is 1.20. The van der Waals surface area contributed by atoms with Crippen molar-refractivity contribution in [2.24, 2.45) is 0 Å². The molecule has 1 aromatic carbocycles. The van der Waals surface area contributed by atoms with Crippen molar-refractivity contribution in [3.8, 4) is 11.8 Å². The largest absolute Gasteiger partial charge is 0.394 e. The predicted octanol–water partition coefficient (Wildman–Crippen LogP) is 2.45. The Morgan fingerprint density at radius 2 is 2.10 bits per heavy atom. The van der Waals surface area contributed by atoms with E-state index in [1.165, 1.54) is 12.4 Å². The Hall–Kier alpha value is -2.35. The molecule has 2 saturated heterocycles. The van der Waals surface area contributed by atoms with Gasteiger partial charge in [-0.1, -0.05) is 27.8 Å². The second-order valence-electron chi connectivity index (χ2n) is 7.69. The van der Waals surface area contributed by atoms with Gasteiger partial charge in [-0.3, -0.25) is 0 Å². The molecule has 2 N–H and O–H groups in total. The maximum atomic E-state index is 14.2. The van der Waals surface area contributed by atoms with E-state index in [9.17, 15) is 14.6 Å². The predicted molar refractivity (Wildman–Crippen MR) is 113 cm³/mol. The van der Waals surface area contributed by atoms with Crippen LogP contribution in [0.25, 0.3) is 11.0 Å². The first-order valence-corrected chi connectivity index (χ1v) is 10.6. The number of aliphatic hydroxyl groups is 2. The van der Waals surface area contributed by atoms with Crippen molar-refractivity contribution in [1.29, 1.82) is 0 Å². The summed E-state index contributed by atoms with van der Waals surface area (Å²) in [5, 5.41) is 21.0. The molecule has 0 saturated carbocycles. The van der Waals surface area contributed by atoms with Crippen LogP contribution in [0, 0.1) is 24.6 Å². The third kappa shape index (κ3) is 3.18. The van der Waals surface area contributed by atoms with Gasteiger partial charge in [-0.25, -0.2) is 14.4 Å². The van der Waals surface area contributed by atoms with Crippen molar-refractivity contribution in [1.82, 2.24) is 14.5 Å². The van der Waals surface area contributed by atoms with Gasteiger partial charge in [0.15, 0.2) is 6.23 Å². The summed E-state index contributed by atoms with van der Waals surface area (Å²) in [4.78, 5) is 8.69. The molecule has 31 heavy (non-hydrogen) atoms. The van der Waals surface area contributed by atoms with Gasteiger partial charge in [0.25, 0.3) is 0 Å². The summed E-state index contributed by atoms with van der Waals surface area (Å²) in [5.74, 6) is 5.49. The Bertz CT molecular complexity index is 1230. The summed E-state index contributed by atoms with van der Waals surface area (Å²) >= 11 is 3.24. The van der Waals surface area contributed by atoms with Crippen molar-refractivity contribution < 1.29 is 24.1 Å². The molecule has 9 heteroatoms. The zero-order valence-corrected chi connectivity index (χ0v) is 18.1. The molecule has 4 heterocycles. The van der Waals surface area contributed by atoms with Gasteiger partial charge >= 0.3 is 0 Å². The van der Waals surface area contributed by atoms with Crippen molar-refractivity contribution >= 4 is 27.0 Å². The van der Waals surface area contributed by atoms with E-state index in [1.807, 2.05) is 6.92 Å². The van der Waals surface area contributed by atoms with Gasteiger partial charge in [0.1, 0.15) is 35.6 Å². The van der Waals surface area contributed by atoms with Crippen LogP contribution in [0.15, 0.2) is 35.2 Å². The molecule has 0 radical (unpaired) electrons. The number of aryl methyl sites for hydroxylation is 1. The average molecular weight is 488 g/mol. The van der Waals surface area contributed by atoms with E-state index in [-0.39, 0.29) is 12.2 Å². The number of benzene rings is 1. The monoisotopic (exact) mass is 487 g/mol. The Morgan fingerprint density at radius 1 is 1.32 bits per heavy atom. The van der Waals surface area contributed by atoms with Crippen molar-refractivity contribution in [3.05, 3.63) is 57.8 Å². The fraction of sp³-hybridized carbons (Fsp3) is 0.364. The summed E-state index contributed by atoms with van der Waals surface area (Å²) in [7, 11) is 0. The smallest absolute Gasteiger partial charge is 0.167 e. The second kappa shape index (κ2) is 7.65. The number of hydrogen-bond acceptors (Lipinski definition) is 6. The minimum atomic E-state index is -0.969. The Morgan fingerprint density at radius 3 is 2.77 bits per heavy atom. The molecular weight excluding hydrogens is 469 g/mol. The zero-order chi connectivity index (χ0) is 21.8. The van der Waals surface area contributed by atoms with Crippen LogP contribution in [0.3, 0.4) is 0 Å². The Kier molecular flexibility index (Phi) is 5.07. The molecule has 2 aliphatic heterocycles. The van der Waals surface area contributed by atoms with Crippen molar-refractivity contribution in [2.75, 3.05) is 13.2 Å². The van der Waals surface area contributed by atoms with Gasteiger partial charge in [-0.05, 0) is 25.1 Å². The quantitative estimate of drug-likeness (QED) is 0.539. The third-order valence-electron chi connectivity index (χ3n) is 5.93. The van der Waals surface area contributed by atoms with E-state index in [2.05, 4.69) is 37.7 Å². The summed E-state index contributed by atoms with van der Waals surface area (Å²) in [6.45, 7) is 2.01. The van der Waals surface area contributed by atoms with Gasteiger partial charge in [0, 0.05) is 17.1 Å². The highest BCUT2D eigenvalue weighted by Crippen LogP contribution is 2.49. The highest BCUT2D eigenvalue weighted by atomic mass is 79.9. The minimum Gasteiger partial charge on any atom is -0.394 e. The van der Waals surface area contributed by atoms with Crippen LogP contribution in [-0.4, -0.2) is 55.8 Å². The van der Waals surface area contributed by atoms with E-state index >= 15 is 0 Å². The summed E-state index contributed by atoms with van der Waals surface area (Å²) in [6.07, 6.45) is 1.37. The van der Waals surface area contributed by atoms with Gasteiger partial charge in [0.05, 0.1) is 35.4 Å². The van der Waals surface area contributed by atoms with Crippen LogP contribution in [0.4, 0.5) is 4.39 Å². The van der Waals surface area contributed by atoms with E-state index in [4.69, 9.17) is 9.47 Å². The molecule has 5 rings (SSSR count). The molecule has 2 aromatic heterocycles. The van der Waals surface area contributed by atoms with Crippen LogP contribution in [0.2, 0.25) is 0 Å². The molecule has 2 fully saturated rings. The van der Waals surface area contributed by atoms with E-state index in [1.54, 1.807) is 22.9 Å². The molecule has 0 unspecified atom stereocenters. The lowest BCUT2D eigenvalue weighted by Crippen LogP contribution is -2.56. The molecule has 0 bridgehead atoms. The van der Waals surface area contributed by atoms with E-state index in [0.29, 0.717) is 39.8 Å². The zero-order valence-electron chi connectivity index (χ0n) is 16.5. The fourth-order valence-corrected chi connectivity index (χ4v) is 4.59. The standard InChI is InChI=1S/C22H19BrFN3O4/c1-12-18-14(3-2-13-4-5-15(23)8-16(13)24)9-27(20(18)26-11-25-12)21-22(6-7-30-22)19(29)17(10-28)31-21/h4-5,8-9,11,17,19,21,28-29H,6-7,10H2,1H3/t17-,19-,21-,22-/m1/s1. The van der Waals surface area contributed by atoms with Crippen LogP contribution in [0.1, 0.15) is 29.5 Å². The van der Waals surface area contributed by atoms with Crippen LogP contribution >= 0.6 is 15.9 Å². The molecule has 0 amide bonds. The first kappa shape index (κ1) is 20.5. The number of rotatable bonds is 2. The fourth-order valence-electron chi connectivity index (χ4n) is 4.26. The number of aliphatic hydroxyl groups excluding tert-OH is 2. The highest BCUT2D eigenvalue weighted by molar-refractivity contribution is 9.10. The summed E-state index contributed by atoms with van der Waals surface area (Å²) < 4.78 is 28.4. The Balaban J connectivity index is 1.64. The van der Waals surface area contributed by atoms with Gasteiger partial charge < -0.3 is 24.3 Å². The third-order valence-corrected chi connectivity index (χ3v) is 6.43. The molecule has 2 aliphatic rings. The number of hydrogen-bond donors (Lipinski definition) is 2. The van der Waals surface area contributed by atoms with Crippen molar-refractivity contribution in [2.45, 2.75) is 37.4 Å². The first-order chi connectivity index (χ1) is 14.9. The molecule has 160 valence electrons. The lowest BCUT2D eigenvalue weighted by molar-refractivity contribution is -0.225. The van der Waals surface area contributed by atoms with Crippen molar-refractivity contribution in [3.63, 3.8) is 0 Å². The maximum absolute atomic E-state index is 14.2. The van der Waals surface area contributed by atoms with Gasteiger partial charge in [-0.2, -0.15) is 0 Å². The van der Waals surface area contributed by atoms with Crippen LogP contribution in [-0.2, 0) is 9.47 Å².